The first-order valence-electron chi connectivity index (χ1n) is 21.8. The number of hydrogen-bond donors (Lipinski definition) is 0. The molecule has 0 atom stereocenters. The summed E-state index contributed by atoms with van der Waals surface area (Å²) in [6.45, 7) is 0. The van der Waals surface area contributed by atoms with Gasteiger partial charge in [-0.2, -0.15) is 0 Å². The minimum absolute atomic E-state index is 0.607. The quantitative estimate of drug-likeness (QED) is 0.161. The molecular weight excluding hydrogens is 799 g/mol. The smallest absolute Gasteiger partial charge is 0.161 e. The van der Waals surface area contributed by atoms with Gasteiger partial charge in [0.2, 0.25) is 0 Å². The summed E-state index contributed by atoms with van der Waals surface area (Å²) in [6, 6.07) is 68.8. The predicted molar refractivity (Wildman–Crippen MR) is 264 cm³/mol. The molecule has 302 valence electrons. The summed E-state index contributed by atoms with van der Waals surface area (Å²) in [5, 5.41) is 9.51. The Hall–Kier alpha value is -8.87. The van der Waals surface area contributed by atoms with Crippen molar-refractivity contribution >= 4 is 87.5 Å². The predicted octanol–water partition coefficient (Wildman–Crippen LogP) is 16.2. The molecule has 0 N–H and O–H groups in total. The van der Waals surface area contributed by atoms with Gasteiger partial charge in [-0.15, -0.1) is 0 Å². The third-order valence-corrected chi connectivity index (χ3v) is 12.9. The zero-order chi connectivity index (χ0) is 42.6. The van der Waals surface area contributed by atoms with Gasteiger partial charge in [-0.25, -0.2) is 15.0 Å². The minimum Gasteiger partial charge on any atom is -0.456 e. The van der Waals surface area contributed by atoms with Crippen molar-refractivity contribution in [3.8, 4) is 56.3 Å². The van der Waals surface area contributed by atoms with Crippen LogP contribution in [0.4, 0.5) is 0 Å². The van der Waals surface area contributed by atoms with Crippen LogP contribution in [0.15, 0.2) is 213 Å². The fraction of sp³-hybridized carbons (Fsp3) is 0. The number of aromatic nitrogens is 3. The summed E-state index contributed by atoms with van der Waals surface area (Å²) in [7, 11) is 0. The fourth-order valence-electron chi connectivity index (χ4n) is 9.98. The maximum Gasteiger partial charge on any atom is 0.161 e. The van der Waals surface area contributed by atoms with E-state index in [9.17, 15) is 0 Å². The molecule has 0 amide bonds. The van der Waals surface area contributed by atoms with Crippen molar-refractivity contribution in [2.45, 2.75) is 0 Å². The van der Waals surface area contributed by atoms with Crippen LogP contribution in [-0.2, 0) is 0 Å². The van der Waals surface area contributed by atoms with E-state index >= 15 is 0 Å². The zero-order valence-corrected chi connectivity index (χ0v) is 34.6. The Morgan fingerprint density at radius 2 is 0.831 bits per heavy atom. The van der Waals surface area contributed by atoms with Gasteiger partial charge in [0.1, 0.15) is 33.5 Å². The number of para-hydroxylation sites is 4. The molecule has 6 heteroatoms. The lowest BCUT2D eigenvalue weighted by atomic mass is 9.91. The summed E-state index contributed by atoms with van der Waals surface area (Å²) < 4.78 is 19.5. The average molecular weight is 832 g/mol. The molecule has 0 unspecified atom stereocenters. The standard InChI is InChI=1S/C59H33N3O3/c1-2-14-36(15-3-1)57-44-32-43(58-56(41-19-7-11-25-50(41)65-58)55(44)37-16-4-8-22-45(37)60-57)34-28-30-35(31-29-34)46-33-47(38-20-12-26-51-53(38)39-17-5-9-23-48(39)63-51)62-59(61-46)42-21-13-27-52-54(42)40-18-6-10-24-49(40)64-52/h1-33H. The molecule has 0 saturated heterocycles. The van der Waals surface area contributed by atoms with Crippen molar-refractivity contribution in [2.24, 2.45) is 0 Å². The lowest BCUT2D eigenvalue weighted by Crippen LogP contribution is -1.97. The number of rotatable bonds is 5. The summed E-state index contributed by atoms with van der Waals surface area (Å²) in [5.41, 5.74) is 14.3. The van der Waals surface area contributed by atoms with Crippen LogP contribution in [0.1, 0.15) is 0 Å². The topological polar surface area (TPSA) is 78.1 Å². The molecule has 14 aromatic rings. The number of pyridine rings is 1. The maximum atomic E-state index is 6.85. The van der Waals surface area contributed by atoms with E-state index < -0.39 is 0 Å². The molecule has 0 saturated carbocycles. The highest BCUT2D eigenvalue weighted by atomic mass is 16.3. The highest BCUT2D eigenvalue weighted by Gasteiger charge is 2.23. The van der Waals surface area contributed by atoms with Crippen LogP contribution in [-0.4, -0.2) is 15.0 Å². The van der Waals surface area contributed by atoms with E-state index in [0.717, 1.165) is 138 Å². The van der Waals surface area contributed by atoms with Gasteiger partial charge in [-0.3, -0.25) is 0 Å². The summed E-state index contributed by atoms with van der Waals surface area (Å²) in [5.74, 6) is 0.607. The van der Waals surface area contributed by atoms with Gasteiger partial charge in [-0.1, -0.05) is 152 Å². The highest BCUT2D eigenvalue weighted by Crippen LogP contribution is 2.46. The van der Waals surface area contributed by atoms with E-state index in [0.29, 0.717) is 5.82 Å². The third kappa shape index (κ3) is 5.44. The molecule has 0 aliphatic rings. The van der Waals surface area contributed by atoms with Crippen LogP contribution in [0.3, 0.4) is 0 Å². The Morgan fingerprint density at radius 3 is 1.54 bits per heavy atom. The number of benzene rings is 9. The van der Waals surface area contributed by atoms with E-state index in [1.165, 1.54) is 0 Å². The number of hydrogen-bond acceptors (Lipinski definition) is 6. The molecule has 0 fully saturated rings. The van der Waals surface area contributed by atoms with Gasteiger partial charge in [0.05, 0.1) is 22.6 Å². The van der Waals surface area contributed by atoms with Crippen LogP contribution < -0.4 is 0 Å². The van der Waals surface area contributed by atoms with E-state index in [4.69, 9.17) is 28.2 Å². The Morgan fingerprint density at radius 1 is 0.292 bits per heavy atom. The highest BCUT2D eigenvalue weighted by molar-refractivity contribution is 6.30. The van der Waals surface area contributed by atoms with Crippen LogP contribution in [0.5, 0.6) is 0 Å². The second-order valence-electron chi connectivity index (χ2n) is 16.6. The number of fused-ring (bicyclic) bond motifs is 13. The number of nitrogens with zero attached hydrogens (tertiary/aromatic N) is 3. The zero-order valence-electron chi connectivity index (χ0n) is 34.6. The van der Waals surface area contributed by atoms with Gasteiger partial charge in [0, 0.05) is 76.3 Å². The molecule has 0 aliphatic carbocycles. The summed E-state index contributed by atoms with van der Waals surface area (Å²) in [6.07, 6.45) is 0. The molecule has 0 radical (unpaired) electrons. The molecule has 9 aromatic carbocycles. The van der Waals surface area contributed by atoms with Crippen molar-refractivity contribution < 1.29 is 13.3 Å². The summed E-state index contributed by atoms with van der Waals surface area (Å²) in [4.78, 5) is 16.0. The van der Waals surface area contributed by atoms with Crippen molar-refractivity contribution in [1.29, 1.82) is 0 Å². The third-order valence-electron chi connectivity index (χ3n) is 12.9. The van der Waals surface area contributed by atoms with Crippen LogP contribution in [0.2, 0.25) is 0 Å². The molecular formula is C59H33N3O3. The van der Waals surface area contributed by atoms with Gasteiger partial charge >= 0.3 is 0 Å². The normalized spacial score (nSPS) is 12.0. The van der Waals surface area contributed by atoms with Crippen LogP contribution in [0.25, 0.3) is 144 Å². The molecule has 65 heavy (non-hydrogen) atoms. The van der Waals surface area contributed by atoms with Crippen LogP contribution in [0, 0.1) is 0 Å². The first kappa shape index (κ1) is 35.7. The van der Waals surface area contributed by atoms with Crippen molar-refractivity contribution in [3.05, 3.63) is 200 Å². The molecule has 5 heterocycles. The largest absolute Gasteiger partial charge is 0.456 e. The fourth-order valence-corrected chi connectivity index (χ4v) is 9.98. The second kappa shape index (κ2) is 13.8. The van der Waals surface area contributed by atoms with Crippen LogP contribution >= 0.6 is 0 Å². The second-order valence-corrected chi connectivity index (χ2v) is 16.6. The van der Waals surface area contributed by atoms with Gasteiger partial charge in [0.25, 0.3) is 0 Å². The molecule has 0 bridgehead atoms. The number of furan rings is 3. The minimum atomic E-state index is 0.607. The van der Waals surface area contributed by atoms with Crippen molar-refractivity contribution in [3.63, 3.8) is 0 Å². The Bertz CT molecular complexity index is 4110. The van der Waals surface area contributed by atoms with E-state index in [2.05, 4.69) is 127 Å². The van der Waals surface area contributed by atoms with E-state index in [-0.39, 0.29) is 0 Å². The van der Waals surface area contributed by atoms with Gasteiger partial charge in [0.15, 0.2) is 5.82 Å². The van der Waals surface area contributed by atoms with Gasteiger partial charge in [-0.05, 0) is 54.1 Å². The monoisotopic (exact) mass is 831 g/mol. The van der Waals surface area contributed by atoms with Crippen molar-refractivity contribution in [2.75, 3.05) is 0 Å². The maximum absolute atomic E-state index is 6.85. The Kier molecular flexibility index (Phi) is 7.59. The lowest BCUT2D eigenvalue weighted by molar-refractivity contribution is 0.668. The Labute approximate surface area is 370 Å². The molecule has 6 nitrogen and oxygen atoms in total. The molecule has 0 spiro atoms. The van der Waals surface area contributed by atoms with Gasteiger partial charge < -0.3 is 13.3 Å². The van der Waals surface area contributed by atoms with E-state index in [1.807, 2.05) is 72.8 Å². The Balaban J connectivity index is 0.999. The molecule has 0 aliphatic heterocycles. The molecule has 14 rings (SSSR count). The molecule has 5 aromatic heterocycles. The van der Waals surface area contributed by atoms with E-state index in [1.54, 1.807) is 0 Å². The SMILES string of the molecule is c1ccc(-c2nc3ccccc3c3c2cc(-c2ccc(-c4cc(-c5cccc6oc7ccccc7c56)nc(-c5cccc6oc7ccccc7c56)n4)cc2)c2oc4ccccc4c23)cc1. The van der Waals surface area contributed by atoms with Crippen molar-refractivity contribution in [1.82, 2.24) is 15.0 Å². The lowest BCUT2D eigenvalue weighted by Gasteiger charge is -2.14. The average Bonchev–Trinajstić information content (AvgIpc) is 4.08. The first-order chi connectivity index (χ1) is 32.2. The first-order valence-corrected chi connectivity index (χ1v) is 21.8. The summed E-state index contributed by atoms with van der Waals surface area (Å²) >= 11 is 0.